The van der Waals surface area contributed by atoms with Crippen LogP contribution in [0.25, 0.3) is 0 Å². The first-order chi connectivity index (χ1) is 17.8. The zero-order valence-corrected chi connectivity index (χ0v) is 21.6. The predicted molar refractivity (Wildman–Crippen MR) is 142 cm³/mol. The van der Waals surface area contributed by atoms with Gasteiger partial charge >= 0.3 is 5.69 Å². The third kappa shape index (κ3) is 5.98. The lowest BCUT2D eigenvalue weighted by molar-refractivity contribution is -0.384. The number of piperidine rings is 1. The van der Waals surface area contributed by atoms with Gasteiger partial charge in [0.2, 0.25) is 11.8 Å². The maximum Gasteiger partial charge on any atom is 0.329 e. The Kier molecular flexibility index (Phi) is 7.20. The van der Waals surface area contributed by atoms with Gasteiger partial charge in [0, 0.05) is 40.1 Å². The summed E-state index contributed by atoms with van der Waals surface area (Å²) in [5.41, 5.74) is 0.177. The van der Waals surface area contributed by atoms with Crippen molar-refractivity contribution in [3.05, 3.63) is 70.4 Å². The summed E-state index contributed by atoms with van der Waals surface area (Å²) in [5.74, 6) is -0.159. The van der Waals surface area contributed by atoms with Crippen molar-refractivity contribution in [3.8, 4) is 5.75 Å². The number of anilines is 4. The monoisotopic (exact) mass is 521 g/mol. The number of hydrogen-bond donors (Lipinski definition) is 5. The molecule has 4 rings (SSSR count). The average molecular weight is 522 g/mol. The lowest BCUT2D eigenvalue weighted by Crippen LogP contribution is -2.62. The van der Waals surface area contributed by atoms with Crippen molar-refractivity contribution >= 4 is 34.7 Å². The van der Waals surface area contributed by atoms with Crippen LogP contribution in [-0.4, -0.2) is 53.3 Å². The van der Waals surface area contributed by atoms with Gasteiger partial charge in [-0.05, 0) is 76.9 Å². The molecule has 0 bridgehead atoms. The summed E-state index contributed by atoms with van der Waals surface area (Å²) in [6, 6.07) is 12.7. The molecule has 1 fully saturated rings. The number of nitrogens with zero attached hydrogens (tertiary/aromatic N) is 4. The Labute approximate surface area is 219 Å². The van der Waals surface area contributed by atoms with Gasteiger partial charge in [0.25, 0.3) is 5.91 Å². The quantitative estimate of drug-likeness (QED) is 0.217. The Morgan fingerprint density at radius 1 is 1.05 bits per heavy atom. The van der Waals surface area contributed by atoms with Crippen LogP contribution in [-0.2, 0) is 0 Å². The number of benzene rings is 2. The molecule has 0 spiro atoms. The average Bonchev–Trinajstić information content (AvgIpc) is 2.82. The standard InChI is InChI=1S/C26H31N7O5/c1-25(2)13-19(14-26(3,4)33(25)38)29-23(35)16-8-10-17(11-9-16)30-24-27-15-21(32(36)37)22(31-24)28-18-6-5-7-20(34)12-18/h5-12,15,19,34,38H,13-14H2,1-4H3,(H,29,35)(H2,27,28,30,31). The second-order valence-electron chi connectivity index (χ2n) is 10.6. The molecule has 1 saturated heterocycles. The molecule has 1 aliphatic rings. The van der Waals surface area contributed by atoms with Crippen LogP contribution in [0.3, 0.4) is 0 Å². The molecule has 1 aromatic heterocycles. The Hall–Kier alpha value is -4.29. The zero-order valence-electron chi connectivity index (χ0n) is 21.6. The van der Waals surface area contributed by atoms with Gasteiger partial charge in [-0.2, -0.15) is 10.0 Å². The maximum absolute atomic E-state index is 12.9. The van der Waals surface area contributed by atoms with Gasteiger partial charge < -0.3 is 26.3 Å². The maximum atomic E-state index is 12.9. The Morgan fingerprint density at radius 3 is 2.32 bits per heavy atom. The fraction of sp³-hybridized carbons (Fsp3) is 0.346. The van der Waals surface area contributed by atoms with Gasteiger partial charge in [0.1, 0.15) is 11.9 Å². The highest BCUT2D eigenvalue weighted by Crippen LogP contribution is 2.36. The highest BCUT2D eigenvalue weighted by atomic mass is 16.6. The number of hydroxylamine groups is 2. The molecule has 1 amide bonds. The summed E-state index contributed by atoms with van der Waals surface area (Å²) in [6.45, 7) is 7.77. The molecule has 3 aromatic rings. The smallest absolute Gasteiger partial charge is 0.329 e. The van der Waals surface area contributed by atoms with Crippen molar-refractivity contribution in [2.45, 2.75) is 57.7 Å². The molecule has 12 nitrogen and oxygen atoms in total. The van der Waals surface area contributed by atoms with Gasteiger partial charge in [-0.25, -0.2) is 4.98 Å². The van der Waals surface area contributed by atoms with Gasteiger partial charge in [-0.3, -0.25) is 14.9 Å². The molecule has 0 saturated carbocycles. The first kappa shape index (κ1) is 26.8. The van der Waals surface area contributed by atoms with Crippen LogP contribution in [0.4, 0.5) is 28.8 Å². The lowest BCUT2D eigenvalue weighted by atomic mass is 9.79. The molecule has 0 unspecified atom stereocenters. The molecule has 5 N–H and O–H groups in total. The number of aromatic nitrogens is 2. The van der Waals surface area contributed by atoms with Crippen molar-refractivity contribution < 1.29 is 20.0 Å². The number of nitrogens with one attached hydrogen (secondary N) is 3. The highest BCUT2D eigenvalue weighted by Gasteiger charge is 2.45. The van der Waals surface area contributed by atoms with Crippen molar-refractivity contribution in [1.82, 2.24) is 20.3 Å². The molecule has 200 valence electrons. The number of nitro groups is 1. The molecule has 12 heteroatoms. The normalized spacial score (nSPS) is 17.0. The summed E-state index contributed by atoms with van der Waals surface area (Å²) >= 11 is 0. The van der Waals surface area contributed by atoms with E-state index in [0.29, 0.717) is 29.8 Å². The molecule has 1 aliphatic heterocycles. The molecule has 0 atom stereocenters. The topological polar surface area (TPSA) is 166 Å². The van der Waals surface area contributed by atoms with Crippen LogP contribution >= 0.6 is 0 Å². The van der Waals surface area contributed by atoms with Gasteiger partial charge in [-0.1, -0.05) is 6.07 Å². The van der Waals surface area contributed by atoms with Gasteiger partial charge in [-0.15, -0.1) is 0 Å². The highest BCUT2D eigenvalue weighted by molar-refractivity contribution is 5.94. The SMILES string of the molecule is CC1(C)CC(NC(=O)c2ccc(Nc3ncc([N+](=O)[O-])c(Nc4cccc(O)c4)n3)cc2)CC(C)(C)N1O. The van der Waals surface area contributed by atoms with E-state index in [1.165, 1.54) is 17.2 Å². The summed E-state index contributed by atoms with van der Waals surface area (Å²) in [7, 11) is 0. The van der Waals surface area contributed by atoms with E-state index >= 15 is 0 Å². The largest absolute Gasteiger partial charge is 0.508 e. The van der Waals surface area contributed by atoms with Crippen LogP contribution in [0.2, 0.25) is 0 Å². The Morgan fingerprint density at radius 2 is 1.71 bits per heavy atom. The van der Waals surface area contributed by atoms with Crippen molar-refractivity contribution in [1.29, 1.82) is 0 Å². The minimum Gasteiger partial charge on any atom is -0.508 e. The van der Waals surface area contributed by atoms with Crippen LogP contribution in [0.1, 0.15) is 50.9 Å². The van der Waals surface area contributed by atoms with Gasteiger partial charge in [0.05, 0.1) is 4.92 Å². The molecular formula is C26H31N7O5. The second-order valence-corrected chi connectivity index (χ2v) is 10.6. The number of phenols is 1. The number of carbonyl (C=O) groups is 1. The number of carbonyl (C=O) groups excluding carboxylic acids is 1. The third-order valence-electron chi connectivity index (χ3n) is 6.45. The fourth-order valence-corrected chi connectivity index (χ4v) is 4.86. The van der Waals surface area contributed by atoms with Crippen molar-refractivity contribution in [3.63, 3.8) is 0 Å². The molecule has 2 aromatic carbocycles. The molecule has 2 heterocycles. The third-order valence-corrected chi connectivity index (χ3v) is 6.45. The molecule has 0 radical (unpaired) electrons. The zero-order chi connectivity index (χ0) is 27.7. The summed E-state index contributed by atoms with van der Waals surface area (Å²) in [6.07, 6.45) is 2.30. The van der Waals surface area contributed by atoms with Crippen LogP contribution < -0.4 is 16.0 Å². The van der Waals surface area contributed by atoms with Crippen LogP contribution in [0.5, 0.6) is 5.75 Å². The van der Waals surface area contributed by atoms with Crippen molar-refractivity contribution in [2.75, 3.05) is 10.6 Å². The van der Waals surface area contributed by atoms with E-state index in [9.17, 15) is 25.2 Å². The number of phenolic OH excluding ortho intramolecular Hbond substituents is 1. The van der Waals surface area contributed by atoms with E-state index < -0.39 is 16.0 Å². The number of hydrogen-bond acceptors (Lipinski definition) is 10. The minimum atomic E-state index is -0.602. The number of aromatic hydroxyl groups is 1. The first-order valence-electron chi connectivity index (χ1n) is 12.1. The van der Waals surface area contributed by atoms with E-state index in [1.54, 1.807) is 36.4 Å². The van der Waals surface area contributed by atoms with E-state index in [4.69, 9.17) is 0 Å². The molecule has 38 heavy (non-hydrogen) atoms. The Balaban J connectivity index is 1.45. The van der Waals surface area contributed by atoms with Crippen molar-refractivity contribution in [2.24, 2.45) is 0 Å². The lowest BCUT2D eigenvalue weighted by Gasteiger charge is -2.51. The molecular weight excluding hydrogens is 490 g/mol. The van der Waals surface area contributed by atoms with E-state index in [1.807, 2.05) is 27.7 Å². The van der Waals surface area contributed by atoms with E-state index in [0.717, 1.165) is 6.20 Å². The van der Waals surface area contributed by atoms with E-state index in [-0.39, 0.29) is 35.2 Å². The van der Waals surface area contributed by atoms with E-state index in [2.05, 4.69) is 25.9 Å². The fourth-order valence-electron chi connectivity index (χ4n) is 4.86. The first-order valence-corrected chi connectivity index (χ1v) is 12.1. The van der Waals surface area contributed by atoms with Gasteiger partial charge in [0.15, 0.2) is 0 Å². The minimum absolute atomic E-state index is 0.000430. The summed E-state index contributed by atoms with van der Waals surface area (Å²) in [4.78, 5) is 32.0. The summed E-state index contributed by atoms with van der Waals surface area (Å²) in [5, 5.41) is 41.9. The molecule has 0 aliphatic carbocycles. The number of rotatable bonds is 7. The predicted octanol–water partition coefficient (Wildman–Crippen LogP) is 4.72. The Bertz CT molecular complexity index is 1330. The van der Waals surface area contributed by atoms with Crippen LogP contribution in [0.15, 0.2) is 54.7 Å². The number of amides is 1. The summed E-state index contributed by atoms with van der Waals surface area (Å²) < 4.78 is 0. The van der Waals surface area contributed by atoms with Crippen LogP contribution in [0, 0.1) is 10.1 Å². The second kappa shape index (κ2) is 10.2.